The normalized spacial score (nSPS) is 19.9. The van der Waals surface area contributed by atoms with E-state index in [-0.39, 0.29) is 11.8 Å². The van der Waals surface area contributed by atoms with E-state index in [0.717, 1.165) is 16.8 Å². The van der Waals surface area contributed by atoms with E-state index in [0.29, 0.717) is 41.8 Å². The molecule has 1 aliphatic heterocycles. The molecule has 3 atom stereocenters. The number of nitrogens with two attached hydrogens (primary N) is 2. The van der Waals surface area contributed by atoms with Gasteiger partial charge in [-0.05, 0) is 68.0 Å². The number of likely N-dealkylation sites (tertiary alicyclic amines) is 1. The number of benzene rings is 1. The molecule has 1 saturated heterocycles. The molecule has 0 saturated carbocycles. The van der Waals surface area contributed by atoms with Crippen molar-refractivity contribution in [1.29, 1.82) is 0 Å². The third-order valence-electron chi connectivity index (χ3n) is 5.75. The monoisotopic (exact) mass is 463 g/mol. The first kappa shape index (κ1) is 23.3. The lowest BCUT2D eigenvalue weighted by Crippen LogP contribution is -2.51. The van der Waals surface area contributed by atoms with Crippen molar-refractivity contribution < 1.29 is 9.59 Å². The number of carbonyl (C=O) groups excluding carboxylic acids is 2. The topological polar surface area (TPSA) is 114 Å². The third-order valence-corrected chi connectivity index (χ3v) is 6.18. The standard InChI is InChI=1S/C22H27Cl2N5O2/c1-12-16(3-4-20(25)28-12)10-27-22(31)13(2)29-11-15(8-19(29)21(26)30)5-14-6-17(23)9-18(24)7-14/h3-4,6-7,9,13,15,19H,5,8,10-11H2,1-2H3,(H2,25,28)(H2,26,30)(H,27,31)/t13-,15?,19?/m0/s1. The zero-order valence-electron chi connectivity index (χ0n) is 17.6. The van der Waals surface area contributed by atoms with Gasteiger partial charge in [-0.3, -0.25) is 14.5 Å². The number of nitrogens with zero attached hydrogens (tertiary/aromatic N) is 2. The zero-order chi connectivity index (χ0) is 22.7. The predicted octanol–water partition coefficient (Wildman–Crippen LogP) is 2.70. The highest BCUT2D eigenvalue weighted by atomic mass is 35.5. The average Bonchev–Trinajstić information content (AvgIpc) is 3.09. The Kier molecular flexibility index (Phi) is 7.41. The molecule has 9 heteroatoms. The van der Waals surface area contributed by atoms with Crippen LogP contribution in [0.1, 0.15) is 30.2 Å². The van der Waals surface area contributed by atoms with Crippen LogP contribution in [0, 0.1) is 12.8 Å². The molecule has 0 spiro atoms. The van der Waals surface area contributed by atoms with Gasteiger partial charge in [-0.25, -0.2) is 4.98 Å². The van der Waals surface area contributed by atoms with Crippen LogP contribution in [0.3, 0.4) is 0 Å². The molecule has 2 heterocycles. The Labute approximate surface area is 192 Å². The van der Waals surface area contributed by atoms with Gasteiger partial charge in [0.1, 0.15) is 5.82 Å². The van der Waals surface area contributed by atoms with Crippen molar-refractivity contribution >= 4 is 40.8 Å². The molecule has 1 aromatic carbocycles. The summed E-state index contributed by atoms with van der Waals surface area (Å²) in [5, 5.41) is 4.07. The summed E-state index contributed by atoms with van der Waals surface area (Å²) in [6, 6.07) is 7.96. The Bertz CT molecular complexity index is 964. The maximum Gasteiger partial charge on any atom is 0.237 e. The number of nitrogen functional groups attached to an aromatic ring is 1. The predicted molar refractivity (Wildman–Crippen MR) is 123 cm³/mol. The number of pyridine rings is 1. The van der Waals surface area contributed by atoms with Gasteiger partial charge in [0.25, 0.3) is 0 Å². The minimum atomic E-state index is -0.507. The Hall–Kier alpha value is -2.35. The van der Waals surface area contributed by atoms with E-state index in [1.54, 1.807) is 19.1 Å². The highest BCUT2D eigenvalue weighted by Gasteiger charge is 2.40. The summed E-state index contributed by atoms with van der Waals surface area (Å²) in [6.45, 7) is 4.55. The number of rotatable bonds is 7. The molecule has 1 aromatic heterocycles. The quantitative estimate of drug-likeness (QED) is 0.583. The summed E-state index contributed by atoms with van der Waals surface area (Å²) < 4.78 is 0. The zero-order valence-corrected chi connectivity index (χ0v) is 19.1. The van der Waals surface area contributed by atoms with Gasteiger partial charge in [0.15, 0.2) is 0 Å². The highest BCUT2D eigenvalue weighted by Crippen LogP contribution is 2.30. The maximum atomic E-state index is 12.8. The Morgan fingerprint density at radius 3 is 2.55 bits per heavy atom. The summed E-state index contributed by atoms with van der Waals surface area (Å²) in [5.41, 5.74) is 14.0. The molecule has 2 amide bonds. The fourth-order valence-corrected chi connectivity index (χ4v) is 4.72. The molecule has 1 fully saturated rings. The van der Waals surface area contributed by atoms with Crippen LogP contribution in [0.15, 0.2) is 30.3 Å². The van der Waals surface area contributed by atoms with Crippen molar-refractivity contribution in [2.45, 2.75) is 45.3 Å². The first-order valence-corrected chi connectivity index (χ1v) is 10.9. The van der Waals surface area contributed by atoms with Crippen LogP contribution < -0.4 is 16.8 Å². The second-order valence-electron chi connectivity index (χ2n) is 8.07. The fourth-order valence-electron chi connectivity index (χ4n) is 4.15. The van der Waals surface area contributed by atoms with Crippen molar-refractivity contribution in [2.75, 3.05) is 12.3 Å². The van der Waals surface area contributed by atoms with Crippen molar-refractivity contribution in [3.05, 3.63) is 57.2 Å². The number of halogens is 2. The first-order chi connectivity index (χ1) is 14.6. The van der Waals surface area contributed by atoms with E-state index >= 15 is 0 Å². The average molecular weight is 464 g/mol. The largest absolute Gasteiger partial charge is 0.384 e. The number of aryl methyl sites for hydroxylation is 1. The van der Waals surface area contributed by atoms with Crippen molar-refractivity contribution in [3.8, 4) is 0 Å². The van der Waals surface area contributed by atoms with Crippen LogP contribution >= 0.6 is 23.2 Å². The molecule has 3 rings (SSSR count). The molecule has 1 aliphatic rings. The molecule has 7 nitrogen and oxygen atoms in total. The van der Waals surface area contributed by atoms with E-state index in [1.165, 1.54) is 0 Å². The number of amides is 2. The molecule has 0 bridgehead atoms. The Morgan fingerprint density at radius 1 is 1.26 bits per heavy atom. The molecule has 31 heavy (non-hydrogen) atoms. The minimum Gasteiger partial charge on any atom is -0.384 e. The summed E-state index contributed by atoms with van der Waals surface area (Å²) in [5.74, 6) is -0.000971. The second-order valence-corrected chi connectivity index (χ2v) is 8.95. The van der Waals surface area contributed by atoms with Crippen LogP contribution in [0.4, 0.5) is 5.82 Å². The number of carbonyl (C=O) groups is 2. The van der Waals surface area contributed by atoms with E-state index in [2.05, 4.69) is 10.3 Å². The van der Waals surface area contributed by atoms with Crippen LogP contribution in [0.25, 0.3) is 0 Å². The first-order valence-electron chi connectivity index (χ1n) is 10.1. The van der Waals surface area contributed by atoms with E-state index in [4.69, 9.17) is 34.7 Å². The number of primary amides is 1. The molecule has 2 aromatic rings. The maximum absolute atomic E-state index is 12.8. The van der Waals surface area contributed by atoms with Gasteiger partial charge in [0.05, 0.1) is 12.1 Å². The van der Waals surface area contributed by atoms with Gasteiger partial charge < -0.3 is 16.8 Å². The molecule has 0 aliphatic carbocycles. The van der Waals surface area contributed by atoms with Crippen LogP contribution in [0.2, 0.25) is 10.0 Å². The van der Waals surface area contributed by atoms with Gasteiger partial charge in [0, 0.05) is 28.8 Å². The summed E-state index contributed by atoms with van der Waals surface area (Å²) in [4.78, 5) is 31.0. The van der Waals surface area contributed by atoms with Gasteiger partial charge in [-0.2, -0.15) is 0 Å². The van der Waals surface area contributed by atoms with Crippen LogP contribution in [-0.2, 0) is 22.6 Å². The molecule has 0 radical (unpaired) electrons. The fraction of sp³-hybridized carbons (Fsp3) is 0.409. The van der Waals surface area contributed by atoms with Crippen molar-refractivity contribution in [2.24, 2.45) is 11.7 Å². The third kappa shape index (κ3) is 5.87. The van der Waals surface area contributed by atoms with E-state index in [1.807, 2.05) is 30.0 Å². The van der Waals surface area contributed by atoms with Gasteiger partial charge >= 0.3 is 0 Å². The van der Waals surface area contributed by atoms with Crippen LogP contribution in [-0.4, -0.2) is 40.3 Å². The molecular formula is C22H27Cl2N5O2. The van der Waals surface area contributed by atoms with Gasteiger partial charge in [-0.1, -0.05) is 29.3 Å². The molecule has 5 N–H and O–H groups in total. The SMILES string of the molecule is Cc1nc(N)ccc1CNC(=O)[C@H](C)N1CC(Cc2cc(Cl)cc(Cl)c2)CC1C(N)=O. The smallest absolute Gasteiger partial charge is 0.237 e. The number of hydrogen-bond donors (Lipinski definition) is 3. The lowest BCUT2D eigenvalue weighted by atomic mass is 9.96. The lowest BCUT2D eigenvalue weighted by molar-refractivity contribution is -0.129. The second kappa shape index (κ2) is 9.85. The van der Waals surface area contributed by atoms with Crippen molar-refractivity contribution in [1.82, 2.24) is 15.2 Å². The van der Waals surface area contributed by atoms with Gasteiger partial charge in [-0.15, -0.1) is 0 Å². The summed E-state index contributed by atoms with van der Waals surface area (Å²) in [7, 11) is 0. The minimum absolute atomic E-state index is 0.158. The van der Waals surface area contributed by atoms with E-state index < -0.39 is 18.0 Å². The number of aromatic nitrogens is 1. The van der Waals surface area contributed by atoms with E-state index in [9.17, 15) is 9.59 Å². The molecule has 166 valence electrons. The lowest BCUT2D eigenvalue weighted by Gasteiger charge is -2.28. The number of nitrogens with one attached hydrogen (secondary N) is 1. The highest BCUT2D eigenvalue weighted by molar-refractivity contribution is 6.34. The van der Waals surface area contributed by atoms with Crippen LogP contribution in [0.5, 0.6) is 0 Å². The number of hydrogen-bond acceptors (Lipinski definition) is 5. The summed E-state index contributed by atoms with van der Waals surface area (Å²) >= 11 is 12.2. The Morgan fingerprint density at radius 2 is 1.94 bits per heavy atom. The Balaban J connectivity index is 1.65. The van der Waals surface area contributed by atoms with Gasteiger partial charge in [0.2, 0.25) is 11.8 Å². The number of anilines is 1. The molecular weight excluding hydrogens is 437 g/mol. The molecule has 2 unspecified atom stereocenters. The van der Waals surface area contributed by atoms with Crippen molar-refractivity contribution in [3.63, 3.8) is 0 Å². The summed E-state index contributed by atoms with van der Waals surface area (Å²) in [6.07, 6.45) is 1.28.